The second kappa shape index (κ2) is 24.1. The first-order valence-electron chi connectivity index (χ1n) is 22.2. The first-order chi connectivity index (χ1) is 31.1. The predicted octanol–water partition coefficient (Wildman–Crippen LogP) is 5.19. The lowest BCUT2D eigenvalue weighted by molar-refractivity contribution is -0.167. The summed E-state index contributed by atoms with van der Waals surface area (Å²) in [7, 11) is -0.169. The molecule has 6 amide bonds. The first-order valence-corrected chi connectivity index (χ1v) is 23.6. The van der Waals surface area contributed by atoms with E-state index in [1.165, 1.54) is 19.1 Å². The average molecular weight is 969 g/mol. The molecule has 0 aliphatic carbocycles. The monoisotopic (exact) mass is 968 g/mol. The number of carbonyl (C=O) groups excluding carboxylic acids is 6. The van der Waals surface area contributed by atoms with E-state index in [2.05, 4.69) is 10.6 Å². The highest BCUT2D eigenvalue weighted by atomic mass is 32.2. The standard InChI is InChI=1S/C46H67F3N6O11S/c1-12-28(4)38(54(9)42(59)37(27(2)3)52-44(61)66-45(6,7)8)35(64-10)26-36(56)55-24-16-19-34(55)39(65-11)29(5)40(57)51-33(25-30-17-14-13-15-18-30)41(58)53-67(62,63)32-22-20-31(21-23-32)50-43(60)46(47,48)49/h13-15,17-18,20-23,27-29,33-35,37-39H,12,16,19,24-26H2,1-11H3,(H,50,60)(H,51,57)(H,52,61)(H,53,58)/t28?,29-,33+,34+,35-,37+,38+,39-/m1/s1. The van der Waals surface area contributed by atoms with E-state index in [9.17, 15) is 50.4 Å². The predicted molar refractivity (Wildman–Crippen MR) is 243 cm³/mol. The molecule has 67 heavy (non-hydrogen) atoms. The van der Waals surface area contributed by atoms with Gasteiger partial charge in [-0.3, -0.25) is 24.0 Å². The Hall–Kier alpha value is -5.28. The van der Waals surface area contributed by atoms with Crippen molar-refractivity contribution in [1.82, 2.24) is 25.2 Å². The van der Waals surface area contributed by atoms with Crippen LogP contribution >= 0.6 is 0 Å². The van der Waals surface area contributed by atoms with E-state index in [-0.39, 0.29) is 42.2 Å². The number of nitrogens with zero attached hydrogens (tertiary/aromatic N) is 2. The Balaban J connectivity index is 1.82. The smallest absolute Gasteiger partial charge is 0.444 e. The zero-order valence-corrected chi connectivity index (χ0v) is 40.9. The fourth-order valence-electron chi connectivity index (χ4n) is 8.02. The number of anilines is 1. The van der Waals surface area contributed by atoms with Gasteiger partial charge in [-0.05, 0) is 75.3 Å². The lowest BCUT2D eigenvalue weighted by atomic mass is 9.89. The van der Waals surface area contributed by atoms with Crippen molar-refractivity contribution in [2.75, 3.05) is 33.1 Å². The summed E-state index contributed by atoms with van der Waals surface area (Å²) in [5.41, 5.74) is -0.560. The number of rotatable bonds is 21. The second-order valence-electron chi connectivity index (χ2n) is 18.2. The van der Waals surface area contributed by atoms with E-state index in [4.69, 9.17) is 14.2 Å². The maximum atomic E-state index is 14.3. The Morgan fingerprint density at radius 3 is 2.01 bits per heavy atom. The molecule has 0 aromatic heterocycles. The molecule has 374 valence electrons. The normalized spacial score (nSPS) is 17.5. The van der Waals surface area contributed by atoms with Gasteiger partial charge in [0.1, 0.15) is 17.7 Å². The minimum absolute atomic E-state index is 0.138. The molecule has 0 spiro atoms. The molecular weight excluding hydrogens is 902 g/mol. The molecule has 1 saturated heterocycles. The van der Waals surface area contributed by atoms with Crippen molar-refractivity contribution < 1.29 is 64.6 Å². The van der Waals surface area contributed by atoms with Crippen molar-refractivity contribution in [1.29, 1.82) is 0 Å². The minimum atomic E-state index is -5.18. The quantitative estimate of drug-likeness (QED) is 0.128. The van der Waals surface area contributed by atoms with E-state index in [1.54, 1.807) is 89.1 Å². The number of hydrogen-bond acceptors (Lipinski definition) is 11. The molecule has 21 heteroatoms. The van der Waals surface area contributed by atoms with Gasteiger partial charge in [-0.1, -0.05) is 71.4 Å². The van der Waals surface area contributed by atoms with Crippen LogP contribution in [0.25, 0.3) is 0 Å². The summed E-state index contributed by atoms with van der Waals surface area (Å²) in [6.07, 6.45) is -6.21. The third kappa shape index (κ3) is 15.9. The number of likely N-dealkylation sites (tertiary alicyclic amines) is 1. The van der Waals surface area contributed by atoms with Crippen molar-refractivity contribution in [3.05, 3.63) is 60.2 Å². The van der Waals surface area contributed by atoms with Crippen LogP contribution in [0.5, 0.6) is 0 Å². The number of nitrogens with one attached hydrogen (secondary N) is 4. The molecule has 2 aromatic carbocycles. The number of hydrogen-bond donors (Lipinski definition) is 4. The maximum Gasteiger partial charge on any atom is 0.471 e. The van der Waals surface area contributed by atoms with Crippen LogP contribution in [0.15, 0.2) is 59.5 Å². The van der Waals surface area contributed by atoms with E-state index in [0.29, 0.717) is 31.4 Å². The Morgan fingerprint density at radius 1 is 0.881 bits per heavy atom. The van der Waals surface area contributed by atoms with Gasteiger partial charge in [-0.25, -0.2) is 17.9 Å². The lowest BCUT2D eigenvalue weighted by Crippen LogP contribution is -2.58. The molecular formula is C46H67F3N6O11S. The SMILES string of the molecule is CCC(C)[C@@H]([C@@H](CC(=O)N1CCC[C@H]1[C@H](OC)[C@@H](C)C(=O)N[C@@H](Cc1ccccc1)C(=O)NS(=O)(=O)c1ccc(NC(=O)C(F)(F)F)cc1)OC)N(C)C(=O)[C@@H](NC(=O)OC(C)(C)C)C(C)C. The van der Waals surface area contributed by atoms with Gasteiger partial charge in [-0.15, -0.1) is 0 Å². The van der Waals surface area contributed by atoms with Gasteiger partial charge >= 0.3 is 18.2 Å². The van der Waals surface area contributed by atoms with Crippen LogP contribution in [-0.2, 0) is 54.6 Å². The van der Waals surface area contributed by atoms with Gasteiger partial charge in [0.05, 0.1) is 41.5 Å². The molecule has 3 rings (SSSR count). The third-order valence-electron chi connectivity index (χ3n) is 11.7. The molecule has 1 aliphatic rings. The van der Waals surface area contributed by atoms with Crippen molar-refractivity contribution in [2.24, 2.45) is 17.8 Å². The Kier molecular flexibility index (Phi) is 20.2. The Morgan fingerprint density at radius 2 is 1.49 bits per heavy atom. The van der Waals surface area contributed by atoms with Gasteiger partial charge in [0, 0.05) is 39.9 Å². The zero-order chi connectivity index (χ0) is 50.6. The van der Waals surface area contributed by atoms with Crippen LogP contribution in [0.4, 0.5) is 23.7 Å². The molecule has 1 unspecified atom stereocenters. The molecule has 4 N–H and O–H groups in total. The summed E-state index contributed by atoms with van der Waals surface area (Å²) >= 11 is 0. The molecule has 0 radical (unpaired) electrons. The fourth-order valence-corrected chi connectivity index (χ4v) is 9.04. The number of amides is 6. The number of sulfonamides is 1. The number of methoxy groups -OCH3 is 2. The average Bonchev–Trinajstić information content (AvgIpc) is 3.74. The summed E-state index contributed by atoms with van der Waals surface area (Å²) in [6, 6.07) is 8.52. The molecule has 0 saturated carbocycles. The number of carbonyl (C=O) groups is 6. The molecule has 1 heterocycles. The number of benzene rings is 2. The minimum Gasteiger partial charge on any atom is -0.444 e. The van der Waals surface area contributed by atoms with Gasteiger partial charge in [0.2, 0.25) is 17.7 Å². The molecule has 1 aliphatic heterocycles. The lowest BCUT2D eigenvalue weighted by Gasteiger charge is -2.40. The highest BCUT2D eigenvalue weighted by Crippen LogP contribution is 2.30. The summed E-state index contributed by atoms with van der Waals surface area (Å²) in [5.74, 6) is -6.21. The van der Waals surface area contributed by atoms with Gasteiger partial charge in [-0.2, -0.15) is 13.2 Å². The summed E-state index contributed by atoms with van der Waals surface area (Å²) < 4.78 is 84.0. The summed E-state index contributed by atoms with van der Waals surface area (Å²) in [5, 5.41) is 6.98. The van der Waals surface area contributed by atoms with Gasteiger partial charge in [0.25, 0.3) is 15.9 Å². The van der Waals surface area contributed by atoms with Crippen molar-refractivity contribution >= 4 is 51.3 Å². The van der Waals surface area contributed by atoms with E-state index in [0.717, 1.165) is 24.3 Å². The largest absolute Gasteiger partial charge is 0.471 e. The number of ether oxygens (including phenoxy) is 3. The molecule has 0 bridgehead atoms. The van der Waals surface area contributed by atoms with Crippen molar-refractivity contribution in [3.8, 4) is 0 Å². The summed E-state index contributed by atoms with van der Waals surface area (Å²) in [6.45, 7) is 14.6. The van der Waals surface area contributed by atoms with Crippen LogP contribution in [0.1, 0.15) is 86.6 Å². The number of alkyl halides is 3. The third-order valence-corrected chi connectivity index (χ3v) is 13.1. The van der Waals surface area contributed by atoms with Crippen LogP contribution in [0.3, 0.4) is 0 Å². The van der Waals surface area contributed by atoms with Crippen molar-refractivity contribution in [3.63, 3.8) is 0 Å². The van der Waals surface area contributed by atoms with E-state index >= 15 is 0 Å². The maximum absolute atomic E-state index is 14.3. The zero-order valence-electron chi connectivity index (χ0n) is 40.1. The van der Waals surface area contributed by atoms with E-state index < -0.39 is 92.8 Å². The second-order valence-corrected chi connectivity index (χ2v) is 19.8. The highest BCUT2D eigenvalue weighted by Gasteiger charge is 2.44. The molecule has 8 atom stereocenters. The number of alkyl carbamates (subject to hydrolysis) is 1. The van der Waals surface area contributed by atoms with Crippen LogP contribution in [-0.4, -0.2) is 130 Å². The Bertz CT molecular complexity index is 2120. The van der Waals surface area contributed by atoms with Crippen LogP contribution in [0, 0.1) is 17.8 Å². The Labute approximate surface area is 391 Å². The fraction of sp³-hybridized carbons (Fsp3) is 0.609. The molecule has 17 nitrogen and oxygen atoms in total. The highest BCUT2D eigenvalue weighted by molar-refractivity contribution is 7.90. The first kappa shape index (κ1) is 56.0. The molecule has 1 fully saturated rings. The van der Waals surface area contributed by atoms with Crippen molar-refractivity contribution in [2.45, 2.75) is 141 Å². The van der Waals surface area contributed by atoms with Crippen LogP contribution in [0.2, 0.25) is 0 Å². The van der Waals surface area contributed by atoms with E-state index in [1.807, 2.05) is 18.6 Å². The molecule has 2 aromatic rings. The number of likely N-dealkylation sites (N-methyl/N-ethyl adjacent to an activating group) is 1. The van der Waals surface area contributed by atoms with Gasteiger partial charge in [0.15, 0.2) is 0 Å². The van der Waals surface area contributed by atoms with Gasteiger partial charge < -0.3 is 40.0 Å². The summed E-state index contributed by atoms with van der Waals surface area (Å²) in [4.78, 5) is 83.0. The number of halogens is 3. The topological polar surface area (TPSA) is 219 Å². The van der Waals surface area contributed by atoms with Crippen LogP contribution < -0.4 is 20.7 Å².